The molecule has 1 N–H and O–H groups in total. The molecule has 1 unspecified atom stereocenters. The minimum atomic E-state index is -0.537. The normalized spacial score (nSPS) is 18.7. The van der Waals surface area contributed by atoms with E-state index in [2.05, 4.69) is 47.5 Å². The van der Waals surface area contributed by atoms with Gasteiger partial charge in [-0.15, -0.1) is 0 Å². The van der Waals surface area contributed by atoms with E-state index in [0.29, 0.717) is 6.04 Å². The number of hydrogen-bond donors (Lipinski definition) is 1. The maximum Gasteiger partial charge on any atom is 0.126 e. The first-order valence-electron chi connectivity index (χ1n) is 8.04. The monoisotopic (exact) mass is 318 g/mol. The quantitative estimate of drug-likeness (QED) is 0.905. The van der Waals surface area contributed by atoms with E-state index in [9.17, 15) is 8.78 Å². The number of nitrogens with zero attached hydrogens (tertiary/aromatic N) is 1. The van der Waals surface area contributed by atoms with Gasteiger partial charge in [-0.25, -0.2) is 8.78 Å². The number of halogens is 2. The van der Waals surface area contributed by atoms with E-state index in [-0.39, 0.29) is 0 Å². The van der Waals surface area contributed by atoms with Gasteiger partial charge in [0.05, 0.1) is 0 Å². The van der Waals surface area contributed by atoms with E-state index < -0.39 is 11.6 Å². The Kier molecular flexibility index (Phi) is 7.17. The molecule has 0 radical (unpaired) electrons. The highest BCUT2D eigenvalue weighted by Gasteiger charge is 2.12. The second kappa shape index (κ2) is 9.38. The van der Waals surface area contributed by atoms with Crippen LogP contribution in [0.15, 0.2) is 54.6 Å². The first-order valence-corrected chi connectivity index (χ1v) is 8.04. The van der Waals surface area contributed by atoms with Crippen LogP contribution in [0, 0.1) is 11.6 Å². The molecule has 0 aromatic heterocycles. The lowest BCUT2D eigenvalue weighted by atomic mass is 10.2. The molecule has 1 fully saturated rings. The van der Waals surface area contributed by atoms with E-state index in [4.69, 9.17) is 0 Å². The van der Waals surface area contributed by atoms with E-state index in [1.165, 1.54) is 43.3 Å². The van der Waals surface area contributed by atoms with Gasteiger partial charge < -0.3 is 5.32 Å². The summed E-state index contributed by atoms with van der Waals surface area (Å²) in [5.41, 5.74) is 1.42. The molecule has 1 heterocycles. The Hall–Kier alpha value is -1.78. The minimum Gasteiger partial charge on any atom is -0.313 e. The van der Waals surface area contributed by atoms with Crippen LogP contribution in [0.25, 0.3) is 0 Å². The predicted molar refractivity (Wildman–Crippen MR) is 90.2 cm³/mol. The van der Waals surface area contributed by atoms with Crippen molar-refractivity contribution in [3.8, 4) is 0 Å². The van der Waals surface area contributed by atoms with Gasteiger partial charge in [-0.05, 0) is 31.0 Å². The van der Waals surface area contributed by atoms with Crippen LogP contribution in [0.1, 0.15) is 18.9 Å². The lowest BCUT2D eigenvalue weighted by Crippen LogP contribution is -2.28. The molecule has 3 rings (SSSR count). The van der Waals surface area contributed by atoms with Crippen LogP contribution in [0.4, 0.5) is 8.78 Å². The summed E-state index contributed by atoms with van der Waals surface area (Å²) in [4.78, 5) is 2.53. The Labute approximate surface area is 137 Å². The maximum absolute atomic E-state index is 11.9. The predicted octanol–water partition coefficient (Wildman–Crippen LogP) is 3.84. The molecule has 0 bridgehead atoms. The number of hydrogen-bond acceptors (Lipinski definition) is 2. The molecule has 2 aromatic carbocycles. The molecule has 2 aromatic rings. The zero-order valence-corrected chi connectivity index (χ0v) is 13.5. The molecule has 0 amide bonds. The molecular weight excluding hydrogens is 294 g/mol. The Bertz CT molecular complexity index is 557. The van der Waals surface area contributed by atoms with Gasteiger partial charge in [0.1, 0.15) is 11.6 Å². The molecule has 4 heteroatoms. The molecule has 0 saturated carbocycles. The Morgan fingerprint density at radius 3 is 2.30 bits per heavy atom. The first-order chi connectivity index (χ1) is 11.1. The van der Waals surface area contributed by atoms with Gasteiger partial charge >= 0.3 is 0 Å². The number of nitrogens with one attached hydrogen (secondary N) is 1. The average molecular weight is 318 g/mol. The van der Waals surface area contributed by atoms with Gasteiger partial charge in [0.2, 0.25) is 0 Å². The SMILES string of the molecule is CC1CCN(Cc2ccccc2)CCN1.Fc1cccc(F)c1. The zero-order chi connectivity index (χ0) is 16.5. The van der Waals surface area contributed by atoms with Crippen molar-refractivity contribution in [1.82, 2.24) is 10.2 Å². The van der Waals surface area contributed by atoms with Crippen LogP contribution in [-0.4, -0.2) is 30.6 Å². The smallest absolute Gasteiger partial charge is 0.126 e. The van der Waals surface area contributed by atoms with Crippen molar-refractivity contribution in [3.63, 3.8) is 0 Å². The largest absolute Gasteiger partial charge is 0.313 e. The molecule has 0 aliphatic carbocycles. The van der Waals surface area contributed by atoms with Crippen LogP contribution in [0.5, 0.6) is 0 Å². The Morgan fingerprint density at radius 1 is 1.00 bits per heavy atom. The van der Waals surface area contributed by atoms with Crippen molar-refractivity contribution in [2.24, 2.45) is 0 Å². The van der Waals surface area contributed by atoms with Crippen molar-refractivity contribution >= 4 is 0 Å². The molecule has 0 spiro atoms. The molecule has 1 atom stereocenters. The van der Waals surface area contributed by atoms with E-state index >= 15 is 0 Å². The third-order valence-corrected chi connectivity index (χ3v) is 3.83. The summed E-state index contributed by atoms with van der Waals surface area (Å²) in [6.07, 6.45) is 1.26. The van der Waals surface area contributed by atoms with Crippen molar-refractivity contribution < 1.29 is 8.78 Å². The summed E-state index contributed by atoms with van der Waals surface area (Å²) in [7, 11) is 0. The highest BCUT2D eigenvalue weighted by molar-refractivity contribution is 5.14. The first kappa shape index (κ1) is 17.6. The number of benzene rings is 2. The van der Waals surface area contributed by atoms with Crippen LogP contribution in [-0.2, 0) is 6.54 Å². The number of rotatable bonds is 2. The summed E-state index contributed by atoms with van der Waals surface area (Å²) >= 11 is 0. The molecule has 124 valence electrons. The molecule has 1 saturated heterocycles. The lowest BCUT2D eigenvalue weighted by molar-refractivity contribution is 0.282. The molecule has 1 aliphatic heterocycles. The van der Waals surface area contributed by atoms with E-state index in [1.807, 2.05) is 0 Å². The van der Waals surface area contributed by atoms with Crippen LogP contribution < -0.4 is 5.32 Å². The van der Waals surface area contributed by atoms with Crippen molar-refractivity contribution in [1.29, 1.82) is 0 Å². The highest BCUT2D eigenvalue weighted by atomic mass is 19.1. The molecule has 23 heavy (non-hydrogen) atoms. The summed E-state index contributed by atoms with van der Waals surface area (Å²) in [6, 6.07) is 16.0. The fourth-order valence-corrected chi connectivity index (χ4v) is 2.52. The van der Waals surface area contributed by atoms with Gasteiger partial charge in [-0.3, -0.25) is 4.90 Å². The van der Waals surface area contributed by atoms with Gasteiger partial charge in [0, 0.05) is 38.3 Å². The summed E-state index contributed by atoms with van der Waals surface area (Å²) in [6.45, 7) is 6.86. The summed E-state index contributed by atoms with van der Waals surface area (Å²) in [5.74, 6) is -1.07. The van der Waals surface area contributed by atoms with Gasteiger partial charge in [0.15, 0.2) is 0 Å². The fraction of sp³-hybridized carbons (Fsp3) is 0.368. The third kappa shape index (κ3) is 6.89. The Morgan fingerprint density at radius 2 is 1.70 bits per heavy atom. The molecule has 2 nitrogen and oxygen atoms in total. The summed E-state index contributed by atoms with van der Waals surface area (Å²) < 4.78 is 23.9. The minimum absolute atomic E-state index is 0.537. The summed E-state index contributed by atoms with van der Waals surface area (Å²) in [5, 5.41) is 3.52. The van der Waals surface area contributed by atoms with Crippen LogP contribution in [0.3, 0.4) is 0 Å². The van der Waals surface area contributed by atoms with E-state index in [1.54, 1.807) is 0 Å². The standard InChI is InChI=1S/C13H20N2.C6H4F2/c1-12-7-9-15(10-8-14-12)11-13-5-3-2-4-6-13;7-5-2-1-3-6(8)4-5/h2-6,12,14H,7-11H2,1H3;1-4H. The third-order valence-electron chi connectivity index (χ3n) is 3.83. The highest BCUT2D eigenvalue weighted by Crippen LogP contribution is 2.07. The maximum atomic E-state index is 11.9. The molecule has 1 aliphatic rings. The second-order valence-corrected chi connectivity index (χ2v) is 5.85. The van der Waals surface area contributed by atoms with Gasteiger partial charge in [-0.1, -0.05) is 36.4 Å². The average Bonchev–Trinajstić information content (AvgIpc) is 2.73. The van der Waals surface area contributed by atoms with Crippen molar-refractivity contribution in [3.05, 3.63) is 71.8 Å². The van der Waals surface area contributed by atoms with Gasteiger partial charge in [0.25, 0.3) is 0 Å². The van der Waals surface area contributed by atoms with E-state index in [0.717, 1.165) is 19.2 Å². The van der Waals surface area contributed by atoms with Crippen molar-refractivity contribution in [2.75, 3.05) is 19.6 Å². The Balaban J connectivity index is 0.000000203. The topological polar surface area (TPSA) is 15.3 Å². The zero-order valence-electron chi connectivity index (χ0n) is 13.5. The van der Waals surface area contributed by atoms with Crippen LogP contribution in [0.2, 0.25) is 0 Å². The van der Waals surface area contributed by atoms with Gasteiger partial charge in [-0.2, -0.15) is 0 Å². The van der Waals surface area contributed by atoms with Crippen LogP contribution >= 0.6 is 0 Å². The second-order valence-electron chi connectivity index (χ2n) is 5.85. The fourth-order valence-electron chi connectivity index (χ4n) is 2.52. The molecular formula is C19H24F2N2. The lowest BCUT2D eigenvalue weighted by Gasteiger charge is -2.19. The van der Waals surface area contributed by atoms with Crippen molar-refractivity contribution in [2.45, 2.75) is 25.9 Å².